The van der Waals surface area contributed by atoms with Crippen molar-refractivity contribution in [3.63, 3.8) is 0 Å². The number of benzene rings is 2. The van der Waals surface area contributed by atoms with Crippen LogP contribution in [0.2, 0.25) is 0 Å². The molecule has 0 aliphatic carbocycles. The second kappa shape index (κ2) is 17.8. The number of ether oxygens (including phenoxy) is 2. The lowest BCUT2D eigenvalue weighted by Gasteiger charge is -2.32. The van der Waals surface area contributed by atoms with E-state index >= 15 is 0 Å². The average Bonchev–Trinajstić information content (AvgIpc) is 3.66. The van der Waals surface area contributed by atoms with Crippen LogP contribution in [0.15, 0.2) is 41.1 Å². The van der Waals surface area contributed by atoms with Crippen LogP contribution in [0.1, 0.15) is 75.6 Å². The number of nitrogens with zero attached hydrogens (tertiary/aromatic N) is 4. The Morgan fingerprint density at radius 1 is 0.720 bits per heavy atom. The lowest BCUT2D eigenvalue weighted by atomic mass is 9.78. The number of halogens is 1. The van der Waals surface area contributed by atoms with Crippen LogP contribution in [-0.4, -0.2) is 77.3 Å². The maximum atomic E-state index is 9.50. The molecule has 0 spiro atoms. The zero-order valence-corrected chi connectivity index (χ0v) is 31.8. The van der Waals surface area contributed by atoms with Crippen LogP contribution in [-0.2, 0) is 31.9 Å². The summed E-state index contributed by atoms with van der Waals surface area (Å²) in [5, 5.41) is 38.2. The van der Waals surface area contributed by atoms with Crippen molar-refractivity contribution in [1.82, 2.24) is 9.13 Å². The summed E-state index contributed by atoms with van der Waals surface area (Å²) in [5.41, 5.74) is 5.65. The fourth-order valence-electron chi connectivity index (χ4n) is 5.85. The van der Waals surface area contributed by atoms with Crippen molar-refractivity contribution >= 4 is 50.3 Å². The van der Waals surface area contributed by atoms with Gasteiger partial charge in [-0.2, -0.15) is 10.5 Å². The summed E-state index contributed by atoms with van der Waals surface area (Å²) in [5.74, 6) is 0. The Morgan fingerprint density at radius 3 is 1.64 bits per heavy atom. The molecule has 1 aliphatic heterocycles. The largest absolute Gasteiger partial charge is 0.497 e. The van der Waals surface area contributed by atoms with E-state index in [4.69, 9.17) is 34.3 Å². The molecule has 268 valence electrons. The fourth-order valence-corrected chi connectivity index (χ4v) is 6.41. The van der Waals surface area contributed by atoms with Crippen LogP contribution >= 0.6 is 15.9 Å². The lowest BCUT2D eigenvalue weighted by Crippen LogP contribution is -2.41. The number of aromatic nitrogens is 2. The summed E-state index contributed by atoms with van der Waals surface area (Å²) in [6.07, 6.45) is 7.26. The van der Waals surface area contributed by atoms with Gasteiger partial charge in [0.05, 0.1) is 34.5 Å². The fraction of sp³-hybridized carbons (Fsp3) is 0.526. The molecule has 10 nitrogen and oxygen atoms in total. The van der Waals surface area contributed by atoms with E-state index in [-0.39, 0.29) is 13.2 Å². The van der Waals surface area contributed by atoms with Crippen LogP contribution in [0, 0.1) is 36.5 Å². The van der Waals surface area contributed by atoms with Crippen molar-refractivity contribution < 1.29 is 29.0 Å². The summed E-state index contributed by atoms with van der Waals surface area (Å²) in [7, 11) is -0.473. The standard InChI is InChI=1S/C22H31BN2O4.C16H19BrN2O2/c1-16-12-20-18(13-17(16)14-24)19(23-28-21(2,3)22(4,5)29-23)15-25(20)8-6-10-27-11-7-9-26;1-12-8-16-14(9-13(12)10-18)15(17)11-19(16)4-2-6-21-7-3-5-20/h12-13,15,26H,6-11H2,1-5H3;8-9,11,20H,2-7H2,1H3. The molecular formula is C38H50BBrN4O6. The molecule has 4 aromatic rings. The number of aryl methyl sites for hydroxylation is 4. The van der Waals surface area contributed by atoms with Gasteiger partial charge in [-0.05, 0) is 119 Å². The maximum Gasteiger partial charge on any atom is 0.497 e. The van der Waals surface area contributed by atoms with Crippen molar-refractivity contribution in [2.24, 2.45) is 0 Å². The molecule has 1 aliphatic rings. The SMILES string of the molecule is Cc1cc2c(cc1C#N)c(B1OC(C)(C)C(C)(C)O1)cn2CCCOCCCO.Cc1cc2c(cc1C#N)c(Br)cn2CCCOCCCO. The number of aliphatic hydroxyl groups excluding tert-OH is 2. The zero-order valence-electron chi connectivity index (χ0n) is 30.2. The quantitative estimate of drug-likeness (QED) is 0.107. The van der Waals surface area contributed by atoms with Crippen LogP contribution in [0.3, 0.4) is 0 Å². The zero-order chi connectivity index (χ0) is 36.5. The highest BCUT2D eigenvalue weighted by molar-refractivity contribution is 9.10. The molecule has 2 aromatic heterocycles. The van der Waals surface area contributed by atoms with Gasteiger partial charge in [-0.1, -0.05) is 0 Å². The van der Waals surface area contributed by atoms with Crippen molar-refractivity contribution in [2.45, 2.75) is 91.5 Å². The Kier molecular flexibility index (Phi) is 14.1. The molecule has 0 radical (unpaired) electrons. The van der Waals surface area contributed by atoms with Crippen LogP contribution in [0.4, 0.5) is 0 Å². The van der Waals surface area contributed by atoms with Gasteiger partial charge in [-0.3, -0.25) is 0 Å². The van der Waals surface area contributed by atoms with E-state index in [0.717, 1.165) is 68.8 Å². The molecule has 1 fully saturated rings. The number of aliphatic hydroxyl groups is 2. The van der Waals surface area contributed by atoms with Gasteiger partial charge >= 0.3 is 7.12 Å². The molecule has 0 amide bonds. The Labute approximate surface area is 304 Å². The molecule has 0 bridgehead atoms. The van der Waals surface area contributed by atoms with E-state index < -0.39 is 18.3 Å². The third-order valence-corrected chi connectivity index (χ3v) is 10.1. The molecule has 0 atom stereocenters. The monoisotopic (exact) mass is 748 g/mol. The molecule has 2 N–H and O–H groups in total. The summed E-state index contributed by atoms with van der Waals surface area (Å²) < 4.78 is 29.0. The number of hydrogen-bond acceptors (Lipinski definition) is 8. The highest BCUT2D eigenvalue weighted by Gasteiger charge is 2.52. The van der Waals surface area contributed by atoms with Gasteiger partial charge in [-0.15, -0.1) is 0 Å². The molecule has 50 heavy (non-hydrogen) atoms. The van der Waals surface area contributed by atoms with Crippen LogP contribution < -0.4 is 5.46 Å². The molecule has 1 saturated heterocycles. The number of nitriles is 2. The molecule has 0 unspecified atom stereocenters. The first kappa shape index (κ1) is 39.6. The maximum absolute atomic E-state index is 9.50. The van der Waals surface area contributed by atoms with Gasteiger partial charge in [0.2, 0.25) is 0 Å². The smallest absolute Gasteiger partial charge is 0.399 e. The van der Waals surface area contributed by atoms with Crippen molar-refractivity contribution in [2.75, 3.05) is 39.6 Å². The van der Waals surface area contributed by atoms with E-state index in [9.17, 15) is 5.26 Å². The average molecular weight is 750 g/mol. The summed E-state index contributed by atoms with van der Waals surface area (Å²) in [4.78, 5) is 0. The second-order valence-electron chi connectivity index (χ2n) is 13.7. The molecule has 2 aromatic carbocycles. The molecule has 3 heterocycles. The third-order valence-electron chi connectivity index (χ3n) is 9.45. The Balaban J connectivity index is 0.000000237. The van der Waals surface area contributed by atoms with E-state index in [1.54, 1.807) is 0 Å². The highest BCUT2D eigenvalue weighted by atomic mass is 79.9. The number of fused-ring (bicyclic) bond motifs is 2. The number of rotatable bonds is 15. The third kappa shape index (κ3) is 9.37. The van der Waals surface area contributed by atoms with Gasteiger partial charge in [0.1, 0.15) is 0 Å². The van der Waals surface area contributed by atoms with E-state index in [1.807, 2.05) is 53.7 Å². The minimum atomic E-state index is -0.473. The first-order chi connectivity index (χ1) is 23.9. The lowest BCUT2D eigenvalue weighted by molar-refractivity contribution is 0.00578. The van der Waals surface area contributed by atoms with E-state index in [1.165, 1.54) is 0 Å². The van der Waals surface area contributed by atoms with Crippen molar-refractivity contribution in [1.29, 1.82) is 10.5 Å². The summed E-state index contributed by atoms with van der Waals surface area (Å²) in [6, 6.07) is 12.5. The topological polar surface area (TPSA) is 135 Å². The van der Waals surface area contributed by atoms with Gasteiger partial charge in [0.15, 0.2) is 0 Å². The Hall–Kier alpha value is -3.20. The number of hydrogen-bond donors (Lipinski definition) is 2. The van der Waals surface area contributed by atoms with E-state index in [0.29, 0.717) is 50.4 Å². The van der Waals surface area contributed by atoms with Gasteiger partial charge < -0.3 is 38.1 Å². The predicted molar refractivity (Wildman–Crippen MR) is 200 cm³/mol. The molecular weight excluding hydrogens is 699 g/mol. The second-order valence-corrected chi connectivity index (χ2v) is 14.6. The minimum absolute atomic E-state index is 0.153. The molecule has 12 heteroatoms. The molecule has 5 rings (SSSR count). The van der Waals surface area contributed by atoms with Crippen molar-refractivity contribution in [3.8, 4) is 12.1 Å². The van der Waals surface area contributed by atoms with Gasteiger partial charge in [-0.25, -0.2) is 0 Å². The Morgan fingerprint density at radius 2 is 1.16 bits per heavy atom. The molecule has 0 saturated carbocycles. The normalized spacial score (nSPS) is 14.9. The van der Waals surface area contributed by atoms with Crippen LogP contribution in [0.5, 0.6) is 0 Å². The minimum Gasteiger partial charge on any atom is -0.399 e. The van der Waals surface area contributed by atoms with E-state index in [2.05, 4.69) is 61.7 Å². The highest BCUT2D eigenvalue weighted by Crippen LogP contribution is 2.37. The summed E-state index contributed by atoms with van der Waals surface area (Å²) in [6.45, 7) is 16.6. The van der Waals surface area contributed by atoms with Gasteiger partial charge in [0, 0.05) is 96.9 Å². The van der Waals surface area contributed by atoms with Gasteiger partial charge in [0.25, 0.3) is 0 Å². The summed E-state index contributed by atoms with van der Waals surface area (Å²) >= 11 is 3.56. The first-order valence-electron chi connectivity index (χ1n) is 17.3. The van der Waals surface area contributed by atoms with Crippen molar-refractivity contribution in [3.05, 3.63) is 63.4 Å². The predicted octanol–water partition coefficient (Wildman–Crippen LogP) is 6.28. The first-order valence-corrected chi connectivity index (χ1v) is 18.1. The van der Waals surface area contributed by atoms with Crippen LogP contribution in [0.25, 0.3) is 21.8 Å². The Bertz CT molecular complexity index is 1820.